The Labute approximate surface area is 102 Å². The summed E-state index contributed by atoms with van der Waals surface area (Å²) in [6.45, 7) is 10.6. The summed E-state index contributed by atoms with van der Waals surface area (Å²) >= 11 is 0. The molecule has 88 valence electrons. The molecule has 0 aliphatic heterocycles. The average molecular weight is 228 g/mol. The maximum absolute atomic E-state index is 11.9. The number of hydrogen-bond donors (Lipinski definition) is 0. The van der Waals surface area contributed by atoms with Crippen LogP contribution in [0.5, 0.6) is 0 Å². The van der Waals surface area contributed by atoms with Gasteiger partial charge in [-0.25, -0.2) is 0 Å². The molecule has 2 nitrogen and oxygen atoms in total. The molecule has 0 aliphatic carbocycles. The Morgan fingerprint density at radius 3 is 2.18 bits per heavy atom. The third-order valence-corrected chi connectivity index (χ3v) is 2.48. The zero-order chi connectivity index (χ0) is 13.0. The fraction of sp³-hybridized carbons (Fsp3) is 0.200. The van der Waals surface area contributed by atoms with E-state index in [2.05, 4.69) is 13.2 Å². The summed E-state index contributed by atoms with van der Waals surface area (Å²) in [5.74, 6) is -0.165. The fourth-order valence-corrected chi connectivity index (χ4v) is 1.45. The normalized spacial score (nSPS) is 9.76. The third kappa shape index (κ3) is 3.25. The molecule has 0 spiro atoms. The summed E-state index contributed by atoms with van der Waals surface area (Å²) in [5.41, 5.74) is 2.26. The Balaban J connectivity index is 3.08. The highest BCUT2D eigenvalue weighted by Gasteiger charge is 2.14. The first-order valence-corrected chi connectivity index (χ1v) is 5.40. The molecule has 0 fully saturated rings. The molecular formula is C15H16O2. The SMILES string of the molecule is C=C(C)C(=O)Cc1ccccc1C(=O)C(=C)C. The maximum Gasteiger partial charge on any atom is 0.188 e. The lowest BCUT2D eigenvalue weighted by molar-refractivity contribution is -0.114. The monoisotopic (exact) mass is 228 g/mol. The minimum absolute atomic E-state index is 0.0491. The number of hydrogen-bond acceptors (Lipinski definition) is 2. The highest BCUT2D eigenvalue weighted by Crippen LogP contribution is 2.15. The molecule has 1 aromatic rings. The van der Waals surface area contributed by atoms with Crippen molar-refractivity contribution in [3.8, 4) is 0 Å². The van der Waals surface area contributed by atoms with Crippen LogP contribution in [0.2, 0.25) is 0 Å². The molecule has 0 aromatic heterocycles. The fourth-order valence-electron chi connectivity index (χ4n) is 1.45. The van der Waals surface area contributed by atoms with Crippen LogP contribution < -0.4 is 0 Å². The first kappa shape index (κ1) is 13.1. The molecule has 0 amide bonds. The Kier molecular flexibility index (Phi) is 4.16. The Bertz CT molecular complexity index is 495. The van der Waals surface area contributed by atoms with Gasteiger partial charge < -0.3 is 0 Å². The van der Waals surface area contributed by atoms with E-state index >= 15 is 0 Å². The van der Waals surface area contributed by atoms with Crippen LogP contribution in [-0.2, 0) is 11.2 Å². The van der Waals surface area contributed by atoms with Gasteiger partial charge in [-0.1, -0.05) is 37.4 Å². The minimum atomic E-state index is -0.116. The second-order valence-electron chi connectivity index (χ2n) is 4.15. The number of carbonyl (C=O) groups excluding carboxylic acids is 2. The van der Waals surface area contributed by atoms with Crippen molar-refractivity contribution in [2.24, 2.45) is 0 Å². The predicted molar refractivity (Wildman–Crippen MR) is 69.1 cm³/mol. The summed E-state index contributed by atoms with van der Waals surface area (Å²) in [6.07, 6.45) is 0.213. The van der Waals surface area contributed by atoms with E-state index in [0.29, 0.717) is 16.7 Å². The smallest absolute Gasteiger partial charge is 0.188 e. The van der Waals surface area contributed by atoms with E-state index in [4.69, 9.17) is 0 Å². The van der Waals surface area contributed by atoms with Gasteiger partial charge in [0.1, 0.15) is 0 Å². The van der Waals surface area contributed by atoms with Crippen molar-refractivity contribution in [3.63, 3.8) is 0 Å². The lowest BCUT2D eigenvalue weighted by Gasteiger charge is -2.07. The topological polar surface area (TPSA) is 34.1 Å². The van der Waals surface area contributed by atoms with Gasteiger partial charge in [-0.3, -0.25) is 9.59 Å². The first-order valence-electron chi connectivity index (χ1n) is 5.40. The van der Waals surface area contributed by atoms with Gasteiger partial charge in [0, 0.05) is 12.0 Å². The largest absolute Gasteiger partial charge is 0.294 e. The molecule has 1 aromatic carbocycles. The van der Waals surface area contributed by atoms with Crippen molar-refractivity contribution in [2.45, 2.75) is 20.3 Å². The molecule has 2 heteroatoms. The molecule has 1 rings (SSSR count). The number of carbonyl (C=O) groups is 2. The number of allylic oxidation sites excluding steroid dienone is 2. The predicted octanol–water partition coefficient (Wildman–Crippen LogP) is 3.13. The maximum atomic E-state index is 11.9. The number of rotatable bonds is 5. The summed E-state index contributed by atoms with van der Waals surface area (Å²) in [4.78, 5) is 23.5. The summed E-state index contributed by atoms with van der Waals surface area (Å²) in [6, 6.07) is 7.11. The van der Waals surface area contributed by atoms with Crippen molar-refractivity contribution in [3.05, 3.63) is 59.7 Å². The van der Waals surface area contributed by atoms with Gasteiger partial charge in [0.05, 0.1) is 0 Å². The lowest BCUT2D eigenvalue weighted by atomic mass is 9.95. The number of ketones is 2. The van der Waals surface area contributed by atoms with E-state index in [1.165, 1.54) is 0 Å². The molecule has 0 radical (unpaired) electrons. The van der Waals surface area contributed by atoms with Crippen LogP contribution in [0.1, 0.15) is 29.8 Å². The molecule has 0 unspecified atom stereocenters. The van der Waals surface area contributed by atoms with Crippen LogP contribution in [0.25, 0.3) is 0 Å². The van der Waals surface area contributed by atoms with Crippen molar-refractivity contribution in [1.29, 1.82) is 0 Å². The lowest BCUT2D eigenvalue weighted by Crippen LogP contribution is -2.09. The van der Waals surface area contributed by atoms with Crippen molar-refractivity contribution < 1.29 is 9.59 Å². The van der Waals surface area contributed by atoms with Crippen LogP contribution in [0.3, 0.4) is 0 Å². The third-order valence-electron chi connectivity index (χ3n) is 2.48. The first-order chi connectivity index (χ1) is 7.93. The van der Waals surface area contributed by atoms with E-state index < -0.39 is 0 Å². The Morgan fingerprint density at radius 1 is 1.06 bits per heavy atom. The van der Waals surface area contributed by atoms with E-state index in [1.54, 1.807) is 32.0 Å². The molecule has 0 N–H and O–H groups in total. The van der Waals surface area contributed by atoms with Gasteiger partial charge in [0.2, 0.25) is 0 Å². The number of Topliss-reactive ketones (excluding diaryl/α,β-unsaturated/α-hetero) is 2. The molecule has 0 heterocycles. The Morgan fingerprint density at radius 2 is 1.65 bits per heavy atom. The molecule has 17 heavy (non-hydrogen) atoms. The molecule has 0 bridgehead atoms. The van der Waals surface area contributed by atoms with Crippen LogP contribution in [0, 0.1) is 0 Å². The highest BCUT2D eigenvalue weighted by atomic mass is 16.1. The van der Waals surface area contributed by atoms with Gasteiger partial charge in [0.25, 0.3) is 0 Å². The molecule has 0 saturated carbocycles. The zero-order valence-corrected chi connectivity index (χ0v) is 10.2. The quantitative estimate of drug-likeness (QED) is 0.573. The van der Waals surface area contributed by atoms with Crippen molar-refractivity contribution >= 4 is 11.6 Å². The van der Waals surface area contributed by atoms with E-state index in [1.807, 2.05) is 6.07 Å². The molecule has 0 atom stereocenters. The van der Waals surface area contributed by atoms with Crippen LogP contribution >= 0.6 is 0 Å². The summed E-state index contributed by atoms with van der Waals surface area (Å²) in [5, 5.41) is 0. The molecule has 0 saturated heterocycles. The van der Waals surface area contributed by atoms with E-state index in [9.17, 15) is 9.59 Å². The van der Waals surface area contributed by atoms with Gasteiger partial charge >= 0.3 is 0 Å². The van der Waals surface area contributed by atoms with Crippen molar-refractivity contribution in [2.75, 3.05) is 0 Å². The summed E-state index contributed by atoms with van der Waals surface area (Å²) in [7, 11) is 0. The van der Waals surface area contributed by atoms with Gasteiger partial charge in [-0.2, -0.15) is 0 Å². The van der Waals surface area contributed by atoms with Gasteiger partial charge in [0.15, 0.2) is 11.6 Å². The van der Waals surface area contributed by atoms with E-state index in [-0.39, 0.29) is 18.0 Å². The second kappa shape index (κ2) is 5.39. The van der Waals surface area contributed by atoms with Crippen LogP contribution in [0.15, 0.2) is 48.6 Å². The van der Waals surface area contributed by atoms with Crippen LogP contribution in [0.4, 0.5) is 0 Å². The zero-order valence-electron chi connectivity index (χ0n) is 10.2. The minimum Gasteiger partial charge on any atom is -0.294 e. The average Bonchev–Trinajstić information content (AvgIpc) is 2.28. The highest BCUT2D eigenvalue weighted by molar-refractivity contribution is 6.09. The van der Waals surface area contributed by atoms with E-state index in [0.717, 1.165) is 5.56 Å². The van der Waals surface area contributed by atoms with Gasteiger partial charge in [-0.15, -0.1) is 0 Å². The standard InChI is InChI=1S/C15H16O2/c1-10(2)14(16)9-12-7-5-6-8-13(12)15(17)11(3)4/h5-8H,1,3,9H2,2,4H3. The Hall–Kier alpha value is -1.96. The summed E-state index contributed by atoms with van der Waals surface area (Å²) < 4.78 is 0. The van der Waals surface area contributed by atoms with Crippen LogP contribution in [-0.4, -0.2) is 11.6 Å². The number of benzene rings is 1. The second-order valence-corrected chi connectivity index (χ2v) is 4.15. The molecular weight excluding hydrogens is 212 g/mol. The van der Waals surface area contributed by atoms with Gasteiger partial charge in [-0.05, 0) is 30.6 Å². The molecule has 0 aliphatic rings. The van der Waals surface area contributed by atoms with Crippen molar-refractivity contribution in [1.82, 2.24) is 0 Å².